The Balaban J connectivity index is 3.08. The summed E-state index contributed by atoms with van der Waals surface area (Å²) in [5.41, 5.74) is 3.54. The monoisotopic (exact) mass is 238 g/mol. The van der Waals surface area contributed by atoms with Crippen LogP contribution in [-0.4, -0.2) is 16.6 Å². The molecule has 0 radical (unpaired) electrons. The molecule has 17 heavy (non-hydrogen) atoms. The maximum atomic E-state index is 5.69. The lowest BCUT2D eigenvalue weighted by Gasteiger charge is -2.20. The summed E-state index contributed by atoms with van der Waals surface area (Å²) in [6, 6.07) is 1.85. The van der Waals surface area contributed by atoms with Crippen LogP contribution in [0.3, 0.4) is 0 Å². The molecule has 96 valence electrons. The molecule has 0 aliphatic carbocycles. The van der Waals surface area contributed by atoms with Gasteiger partial charge in [-0.3, -0.25) is 0 Å². The van der Waals surface area contributed by atoms with Crippen LogP contribution in [0.5, 0.6) is 0 Å². The van der Waals surface area contributed by atoms with Gasteiger partial charge in [0, 0.05) is 18.4 Å². The van der Waals surface area contributed by atoms with Gasteiger partial charge in [0.25, 0.3) is 0 Å². The summed E-state index contributed by atoms with van der Waals surface area (Å²) < 4.78 is 5.69. The highest BCUT2D eigenvalue weighted by molar-refractivity contribution is 5.34. The predicted octanol–water partition coefficient (Wildman–Crippen LogP) is 2.06. The number of rotatable bonds is 6. The maximum absolute atomic E-state index is 5.69. The molecule has 0 amide bonds. The molecule has 5 nitrogen and oxygen atoms in total. The Kier molecular flexibility index (Phi) is 5.31. The van der Waals surface area contributed by atoms with Gasteiger partial charge in [0.05, 0.1) is 0 Å². The van der Waals surface area contributed by atoms with Gasteiger partial charge in [0.2, 0.25) is 0 Å². The highest BCUT2D eigenvalue weighted by atomic mass is 16.5. The Morgan fingerprint density at radius 3 is 2.53 bits per heavy atom. The number of aryl methyl sites for hydroxylation is 1. The van der Waals surface area contributed by atoms with Gasteiger partial charge in [-0.05, 0) is 19.3 Å². The van der Waals surface area contributed by atoms with Gasteiger partial charge < -0.3 is 10.2 Å². The molecule has 0 aromatic carbocycles. The Labute approximate surface area is 103 Å². The summed E-state index contributed by atoms with van der Waals surface area (Å²) >= 11 is 0. The minimum atomic E-state index is -0.0846. The highest BCUT2D eigenvalue weighted by Gasteiger charge is 2.20. The van der Waals surface area contributed by atoms with Gasteiger partial charge in [0.15, 0.2) is 5.82 Å². The largest absolute Gasteiger partial charge is 0.370 e. The number of nitrogens with one attached hydrogen (secondary N) is 1. The zero-order valence-electron chi connectivity index (χ0n) is 11.0. The van der Waals surface area contributed by atoms with Crippen molar-refractivity contribution < 1.29 is 4.74 Å². The van der Waals surface area contributed by atoms with Crippen LogP contribution in [0.1, 0.15) is 45.3 Å². The Hall–Kier alpha value is -1.20. The van der Waals surface area contributed by atoms with Crippen molar-refractivity contribution in [1.29, 1.82) is 0 Å². The lowest BCUT2D eigenvalue weighted by atomic mass is 10.1. The van der Waals surface area contributed by atoms with E-state index < -0.39 is 0 Å². The van der Waals surface area contributed by atoms with E-state index in [2.05, 4.69) is 36.2 Å². The topological polar surface area (TPSA) is 73.1 Å². The van der Waals surface area contributed by atoms with Crippen LogP contribution < -0.4 is 11.3 Å². The lowest BCUT2D eigenvalue weighted by molar-refractivity contribution is 0.0231. The van der Waals surface area contributed by atoms with Gasteiger partial charge in [-0.2, -0.15) is 0 Å². The molecule has 0 saturated heterocycles. The fraction of sp³-hybridized carbons (Fsp3) is 0.667. The molecule has 0 aliphatic rings. The second-order valence-electron chi connectivity index (χ2n) is 4.22. The molecular formula is C12H22N4O. The first-order valence-electron chi connectivity index (χ1n) is 6.08. The normalized spacial score (nSPS) is 12.8. The number of hydrogen-bond acceptors (Lipinski definition) is 5. The molecule has 1 unspecified atom stereocenters. The molecule has 3 N–H and O–H groups in total. The number of nitrogens with two attached hydrogens (primary N) is 1. The van der Waals surface area contributed by atoms with E-state index in [0.717, 1.165) is 12.1 Å². The van der Waals surface area contributed by atoms with E-state index in [4.69, 9.17) is 10.6 Å². The van der Waals surface area contributed by atoms with Crippen LogP contribution in [0.15, 0.2) is 6.07 Å². The van der Waals surface area contributed by atoms with Gasteiger partial charge >= 0.3 is 0 Å². The summed E-state index contributed by atoms with van der Waals surface area (Å²) in [5.74, 6) is 7.08. The molecule has 1 rings (SSSR count). The molecule has 0 aliphatic heterocycles. The summed E-state index contributed by atoms with van der Waals surface area (Å²) in [7, 11) is 0. The van der Waals surface area contributed by atoms with E-state index in [1.165, 1.54) is 0 Å². The van der Waals surface area contributed by atoms with E-state index in [1.54, 1.807) is 0 Å². The van der Waals surface area contributed by atoms with Crippen molar-refractivity contribution in [2.24, 2.45) is 11.8 Å². The van der Waals surface area contributed by atoms with E-state index in [1.807, 2.05) is 13.0 Å². The number of hydrazine groups is 1. The molecule has 0 saturated carbocycles. The van der Waals surface area contributed by atoms with Crippen LogP contribution in [0.25, 0.3) is 0 Å². The van der Waals surface area contributed by atoms with E-state index in [9.17, 15) is 0 Å². The molecule has 1 atom stereocenters. The van der Waals surface area contributed by atoms with Crippen LogP contribution in [-0.2, 0) is 11.2 Å². The smallest absolute Gasteiger partial charge is 0.160 e. The third-order valence-corrected chi connectivity index (χ3v) is 2.51. The van der Waals surface area contributed by atoms with Crippen molar-refractivity contribution in [3.8, 4) is 0 Å². The minimum Gasteiger partial charge on any atom is -0.370 e. The van der Waals surface area contributed by atoms with Crippen molar-refractivity contribution in [2.75, 3.05) is 12.0 Å². The van der Waals surface area contributed by atoms with Crippen molar-refractivity contribution in [3.05, 3.63) is 17.6 Å². The second-order valence-corrected chi connectivity index (χ2v) is 4.22. The van der Waals surface area contributed by atoms with E-state index >= 15 is 0 Å². The zero-order valence-corrected chi connectivity index (χ0v) is 11.0. The number of ether oxygens (including phenoxy) is 1. The number of aromatic nitrogens is 2. The minimum absolute atomic E-state index is 0.0846. The first kappa shape index (κ1) is 13.9. The summed E-state index contributed by atoms with van der Waals surface area (Å²) in [5, 5.41) is 0. The number of anilines is 1. The second kappa shape index (κ2) is 6.51. The Morgan fingerprint density at radius 2 is 2.06 bits per heavy atom. The summed E-state index contributed by atoms with van der Waals surface area (Å²) in [6.45, 7) is 8.86. The highest BCUT2D eigenvalue weighted by Crippen LogP contribution is 2.24. The molecule has 5 heteroatoms. The van der Waals surface area contributed by atoms with Gasteiger partial charge in [-0.15, -0.1) is 0 Å². The lowest BCUT2D eigenvalue weighted by Crippen LogP contribution is -2.18. The molecule has 1 aromatic heterocycles. The molecule has 1 heterocycles. The van der Waals surface area contributed by atoms with Crippen LogP contribution in [0, 0.1) is 5.92 Å². The maximum Gasteiger partial charge on any atom is 0.160 e. The van der Waals surface area contributed by atoms with Crippen LogP contribution in [0.2, 0.25) is 0 Å². The van der Waals surface area contributed by atoms with Crippen molar-refractivity contribution in [2.45, 2.75) is 40.2 Å². The van der Waals surface area contributed by atoms with Gasteiger partial charge in [-0.1, -0.05) is 20.8 Å². The fourth-order valence-corrected chi connectivity index (χ4v) is 1.64. The quantitative estimate of drug-likeness (QED) is 0.586. The van der Waals surface area contributed by atoms with E-state index in [0.29, 0.717) is 24.2 Å². The molecular weight excluding hydrogens is 216 g/mol. The zero-order chi connectivity index (χ0) is 12.8. The van der Waals surface area contributed by atoms with Crippen LogP contribution in [0.4, 0.5) is 5.82 Å². The number of nitrogens with zero attached hydrogens (tertiary/aromatic N) is 2. The average molecular weight is 238 g/mol. The van der Waals surface area contributed by atoms with Gasteiger partial charge in [0.1, 0.15) is 11.9 Å². The Morgan fingerprint density at radius 1 is 1.35 bits per heavy atom. The first-order valence-corrected chi connectivity index (χ1v) is 6.08. The first-order chi connectivity index (χ1) is 8.12. The standard InChI is InChI=1S/C12H22N4O/c1-5-9-7-10(16-13)15-12(14-9)11(8(3)4)17-6-2/h7-8,11H,5-6,13H2,1-4H3,(H,14,15,16). The molecule has 0 bridgehead atoms. The van der Waals surface area contributed by atoms with Gasteiger partial charge in [-0.25, -0.2) is 15.8 Å². The number of nitrogen functional groups attached to an aromatic ring is 1. The molecule has 1 aromatic rings. The SMILES string of the molecule is CCOC(c1nc(CC)cc(NN)n1)C(C)C. The molecule has 0 fully saturated rings. The average Bonchev–Trinajstić information content (AvgIpc) is 2.34. The molecule has 0 spiro atoms. The van der Waals surface area contributed by atoms with Crippen LogP contribution >= 0.6 is 0 Å². The summed E-state index contributed by atoms with van der Waals surface area (Å²) in [6.07, 6.45) is 0.764. The number of hydrogen-bond donors (Lipinski definition) is 2. The third kappa shape index (κ3) is 3.64. The van der Waals surface area contributed by atoms with Crippen molar-refractivity contribution in [1.82, 2.24) is 9.97 Å². The summed E-state index contributed by atoms with van der Waals surface area (Å²) in [4.78, 5) is 8.88. The third-order valence-electron chi connectivity index (χ3n) is 2.51. The predicted molar refractivity (Wildman–Crippen MR) is 68.4 cm³/mol. The fourth-order valence-electron chi connectivity index (χ4n) is 1.64. The van der Waals surface area contributed by atoms with E-state index in [-0.39, 0.29) is 6.10 Å². The van der Waals surface area contributed by atoms with Crippen molar-refractivity contribution in [3.63, 3.8) is 0 Å². The Bertz CT molecular complexity index is 332. The van der Waals surface area contributed by atoms with Crippen molar-refractivity contribution >= 4 is 5.82 Å².